The topological polar surface area (TPSA) is 62.7 Å². The molecule has 68 valence electrons. The summed E-state index contributed by atoms with van der Waals surface area (Å²) in [7, 11) is 0. The highest BCUT2D eigenvalue weighted by atomic mass is 35.5. The van der Waals surface area contributed by atoms with Crippen LogP contribution in [0.5, 0.6) is 0 Å². The molecule has 0 aliphatic carbocycles. The lowest BCUT2D eigenvalue weighted by molar-refractivity contribution is 0.152. The number of rotatable bonds is 1. The lowest BCUT2D eigenvalue weighted by Crippen LogP contribution is -2.00. The van der Waals surface area contributed by atoms with Crippen molar-refractivity contribution in [3.05, 3.63) is 22.5 Å². The summed E-state index contributed by atoms with van der Waals surface area (Å²) in [6.45, 7) is 0. The van der Waals surface area contributed by atoms with Crippen LogP contribution in [0.4, 0.5) is 14.5 Å². The average Bonchev–Trinajstić information content (AvgIpc) is 2.04. The first-order chi connectivity index (χ1) is 6.07. The molecule has 1 aromatic heterocycles. The van der Waals surface area contributed by atoms with E-state index in [0.717, 1.165) is 6.20 Å². The van der Waals surface area contributed by atoms with Crippen LogP contribution in [0, 0.1) is 11.3 Å². The van der Waals surface area contributed by atoms with Gasteiger partial charge in [0.15, 0.2) is 0 Å². The predicted molar refractivity (Wildman–Crippen MR) is 43.3 cm³/mol. The van der Waals surface area contributed by atoms with Crippen molar-refractivity contribution in [3.63, 3.8) is 0 Å². The lowest BCUT2D eigenvalue weighted by Gasteiger charge is -2.05. The second-order valence-electron chi connectivity index (χ2n) is 2.21. The Kier molecular flexibility index (Phi) is 2.63. The summed E-state index contributed by atoms with van der Waals surface area (Å²) in [6.07, 6.45) is -1.89. The number of hydrogen-bond donors (Lipinski definition) is 1. The summed E-state index contributed by atoms with van der Waals surface area (Å²) in [6, 6.07) is 1.61. The molecule has 0 bridgehead atoms. The smallest absolute Gasteiger partial charge is 0.267 e. The number of aromatic nitrogens is 1. The standard InChI is InChI=1S/C7H4ClF2N3/c8-6-3(1-11)5(12)4(2-13-6)7(9)10/h2,7H,(H2,12,13). The summed E-state index contributed by atoms with van der Waals surface area (Å²) >= 11 is 5.45. The Morgan fingerprint density at radius 2 is 2.23 bits per heavy atom. The van der Waals surface area contributed by atoms with Crippen LogP contribution < -0.4 is 5.73 Å². The molecular formula is C7H4ClF2N3. The molecule has 0 aliphatic heterocycles. The van der Waals surface area contributed by atoms with Crippen molar-refractivity contribution in [1.29, 1.82) is 5.26 Å². The highest BCUT2D eigenvalue weighted by molar-refractivity contribution is 6.30. The number of hydrogen-bond acceptors (Lipinski definition) is 3. The van der Waals surface area contributed by atoms with Gasteiger partial charge >= 0.3 is 0 Å². The van der Waals surface area contributed by atoms with Gasteiger partial charge in [-0.2, -0.15) is 5.26 Å². The summed E-state index contributed by atoms with van der Waals surface area (Å²) in [4.78, 5) is 3.41. The van der Waals surface area contributed by atoms with E-state index in [1.807, 2.05) is 0 Å². The van der Waals surface area contributed by atoms with Gasteiger partial charge in [-0.1, -0.05) is 11.6 Å². The van der Waals surface area contributed by atoms with E-state index in [0.29, 0.717) is 0 Å². The monoisotopic (exact) mass is 203 g/mol. The first-order valence-electron chi connectivity index (χ1n) is 3.20. The molecule has 0 saturated heterocycles. The van der Waals surface area contributed by atoms with E-state index in [-0.39, 0.29) is 16.4 Å². The van der Waals surface area contributed by atoms with E-state index in [2.05, 4.69) is 4.98 Å². The Balaban J connectivity index is 3.38. The molecule has 1 rings (SSSR count). The maximum atomic E-state index is 12.2. The number of nitrogen functional groups attached to an aromatic ring is 1. The van der Waals surface area contributed by atoms with Crippen LogP contribution in [0.25, 0.3) is 0 Å². The Morgan fingerprint density at radius 1 is 1.62 bits per heavy atom. The number of alkyl halides is 2. The summed E-state index contributed by atoms with van der Waals surface area (Å²) < 4.78 is 24.4. The van der Waals surface area contributed by atoms with Crippen molar-refractivity contribution in [1.82, 2.24) is 4.98 Å². The van der Waals surface area contributed by atoms with Crippen LogP contribution >= 0.6 is 11.6 Å². The third-order valence-electron chi connectivity index (χ3n) is 1.45. The first-order valence-corrected chi connectivity index (χ1v) is 3.57. The van der Waals surface area contributed by atoms with Gasteiger partial charge in [-0.05, 0) is 0 Å². The minimum atomic E-state index is -2.75. The number of halogens is 3. The van der Waals surface area contributed by atoms with Gasteiger partial charge in [0.05, 0.1) is 11.3 Å². The average molecular weight is 204 g/mol. The predicted octanol–water partition coefficient (Wildman–Crippen LogP) is 2.13. The van der Waals surface area contributed by atoms with Gasteiger partial charge in [0, 0.05) is 6.20 Å². The van der Waals surface area contributed by atoms with E-state index < -0.39 is 12.0 Å². The molecule has 3 nitrogen and oxygen atoms in total. The minimum Gasteiger partial charge on any atom is -0.397 e. The van der Waals surface area contributed by atoms with Gasteiger partial charge in [-0.15, -0.1) is 0 Å². The zero-order valence-electron chi connectivity index (χ0n) is 6.26. The molecule has 0 aromatic carbocycles. The molecule has 0 fully saturated rings. The Hall–Kier alpha value is -1.41. The molecule has 0 aliphatic rings. The Morgan fingerprint density at radius 3 is 2.69 bits per heavy atom. The van der Waals surface area contributed by atoms with Gasteiger partial charge in [-0.3, -0.25) is 0 Å². The molecule has 13 heavy (non-hydrogen) atoms. The molecule has 0 unspecified atom stereocenters. The number of anilines is 1. The van der Waals surface area contributed by atoms with Crippen molar-refractivity contribution >= 4 is 17.3 Å². The van der Waals surface area contributed by atoms with Crippen LogP contribution in [0.3, 0.4) is 0 Å². The molecular weight excluding hydrogens is 200 g/mol. The van der Waals surface area contributed by atoms with E-state index in [4.69, 9.17) is 22.6 Å². The molecule has 0 saturated carbocycles. The summed E-state index contributed by atoms with van der Waals surface area (Å²) in [5, 5.41) is 8.34. The van der Waals surface area contributed by atoms with Crippen molar-refractivity contribution in [2.75, 3.05) is 5.73 Å². The molecule has 1 heterocycles. The zero-order chi connectivity index (χ0) is 10.0. The maximum Gasteiger partial charge on any atom is 0.267 e. The van der Waals surface area contributed by atoms with Crippen LogP contribution in [0.15, 0.2) is 6.20 Å². The van der Waals surface area contributed by atoms with Crippen molar-refractivity contribution in [2.24, 2.45) is 0 Å². The molecule has 6 heteroatoms. The van der Waals surface area contributed by atoms with Gasteiger partial charge in [0.1, 0.15) is 16.8 Å². The van der Waals surface area contributed by atoms with Crippen molar-refractivity contribution in [3.8, 4) is 6.07 Å². The van der Waals surface area contributed by atoms with Gasteiger partial charge in [0.2, 0.25) is 0 Å². The third-order valence-corrected chi connectivity index (χ3v) is 1.74. The van der Waals surface area contributed by atoms with Crippen LogP contribution in [-0.2, 0) is 0 Å². The summed E-state index contributed by atoms with van der Waals surface area (Å²) in [5.74, 6) is 0. The maximum absolute atomic E-state index is 12.2. The van der Waals surface area contributed by atoms with E-state index in [9.17, 15) is 8.78 Å². The van der Waals surface area contributed by atoms with Crippen LogP contribution in [0.2, 0.25) is 5.15 Å². The Bertz CT molecular complexity index is 373. The van der Waals surface area contributed by atoms with E-state index in [1.54, 1.807) is 6.07 Å². The zero-order valence-corrected chi connectivity index (χ0v) is 7.02. The second kappa shape index (κ2) is 3.54. The molecule has 0 radical (unpaired) electrons. The van der Waals surface area contributed by atoms with Gasteiger partial charge in [-0.25, -0.2) is 13.8 Å². The fourth-order valence-electron chi connectivity index (χ4n) is 0.796. The van der Waals surface area contributed by atoms with E-state index >= 15 is 0 Å². The molecule has 0 atom stereocenters. The molecule has 1 aromatic rings. The fourth-order valence-corrected chi connectivity index (χ4v) is 0.989. The largest absolute Gasteiger partial charge is 0.397 e. The molecule has 2 N–H and O–H groups in total. The van der Waals surface area contributed by atoms with Crippen molar-refractivity contribution < 1.29 is 8.78 Å². The highest BCUT2D eigenvalue weighted by Crippen LogP contribution is 2.29. The first kappa shape index (κ1) is 9.68. The van der Waals surface area contributed by atoms with E-state index in [1.165, 1.54) is 0 Å². The molecule has 0 spiro atoms. The normalized spacial score (nSPS) is 10.1. The SMILES string of the molecule is N#Cc1c(Cl)ncc(C(F)F)c1N. The minimum absolute atomic E-state index is 0.163. The Labute approximate surface area is 77.7 Å². The van der Waals surface area contributed by atoms with Crippen LogP contribution in [0.1, 0.15) is 17.6 Å². The van der Waals surface area contributed by atoms with Crippen LogP contribution in [-0.4, -0.2) is 4.98 Å². The number of nitrogens with two attached hydrogens (primary N) is 1. The third kappa shape index (κ3) is 1.68. The van der Waals surface area contributed by atoms with Gasteiger partial charge < -0.3 is 5.73 Å². The number of pyridine rings is 1. The van der Waals surface area contributed by atoms with Crippen molar-refractivity contribution in [2.45, 2.75) is 6.43 Å². The number of nitrogens with zero attached hydrogens (tertiary/aromatic N) is 2. The van der Waals surface area contributed by atoms with Gasteiger partial charge in [0.25, 0.3) is 6.43 Å². The number of nitriles is 1. The lowest BCUT2D eigenvalue weighted by atomic mass is 10.1. The summed E-state index contributed by atoms with van der Waals surface area (Å²) in [5.41, 5.74) is 4.28. The quantitative estimate of drug-likeness (QED) is 0.711. The fraction of sp³-hybridized carbons (Fsp3) is 0.143. The second-order valence-corrected chi connectivity index (χ2v) is 2.56. The molecule has 0 amide bonds. The highest BCUT2D eigenvalue weighted by Gasteiger charge is 2.17.